The lowest BCUT2D eigenvalue weighted by Crippen LogP contribution is -2.48. The number of carbonyl (C=O) groups is 2. The van der Waals surface area contributed by atoms with Gasteiger partial charge in [-0.2, -0.15) is 26.3 Å². The average molecular weight is 427 g/mol. The molecule has 6 nitrogen and oxygen atoms in total. The summed E-state index contributed by atoms with van der Waals surface area (Å²) in [6.45, 7) is -0.102. The molecule has 0 radical (unpaired) electrons. The topological polar surface area (TPSA) is 61.9 Å². The second kappa shape index (κ2) is 8.78. The summed E-state index contributed by atoms with van der Waals surface area (Å²) in [5.74, 6) is -0.328. The smallest absolute Gasteiger partial charge is 0.426 e. The number of alkyl halides is 6. The van der Waals surface area contributed by atoms with Crippen LogP contribution in [-0.2, 0) is 4.74 Å². The molecule has 0 aromatic heterocycles. The number of amides is 3. The van der Waals surface area contributed by atoms with E-state index in [0.29, 0.717) is 12.1 Å². The Hall–Kier alpha value is -2.66. The third-order valence-electron chi connectivity index (χ3n) is 4.35. The van der Waals surface area contributed by atoms with E-state index in [9.17, 15) is 35.9 Å². The quantitative estimate of drug-likeness (QED) is 0.744. The number of likely N-dealkylation sites (tertiary alicyclic amines) is 1. The van der Waals surface area contributed by atoms with Gasteiger partial charge in [-0.25, -0.2) is 9.59 Å². The first kappa shape index (κ1) is 22.6. The molecule has 12 heteroatoms. The van der Waals surface area contributed by atoms with E-state index in [0.717, 1.165) is 4.90 Å². The Labute approximate surface area is 162 Å². The van der Waals surface area contributed by atoms with Gasteiger partial charge in [-0.3, -0.25) is 4.90 Å². The molecule has 1 N–H and O–H groups in total. The number of halogens is 6. The van der Waals surface area contributed by atoms with Crippen LogP contribution in [0, 0.1) is 5.92 Å². The second-order valence-electron chi connectivity index (χ2n) is 6.53. The molecule has 1 aliphatic rings. The lowest BCUT2D eigenvalue weighted by atomic mass is 10.1. The van der Waals surface area contributed by atoms with Crippen LogP contribution in [-0.4, -0.2) is 62.2 Å². The van der Waals surface area contributed by atoms with Crippen molar-refractivity contribution in [2.45, 2.75) is 24.9 Å². The van der Waals surface area contributed by atoms with Crippen LogP contribution in [0.4, 0.5) is 41.6 Å². The zero-order chi connectivity index (χ0) is 21.8. The summed E-state index contributed by atoms with van der Waals surface area (Å²) in [5, 5.41) is 2.62. The molecular formula is C17H19F6N3O3. The van der Waals surface area contributed by atoms with Crippen LogP contribution in [0.3, 0.4) is 0 Å². The van der Waals surface area contributed by atoms with Gasteiger partial charge in [0.15, 0.2) is 0 Å². The minimum atomic E-state index is -5.76. The Morgan fingerprint density at radius 2 is 1.76 bits per heavy atom. The van der Waals surface area contributed by atoms with Crippen molar-refractivity contribution in [3.63, 3.8) is 0 Å². The van der Waals surface area contributed by atoms with Crippen LogP contribution in [0.15, 0.2) is 30.3 Å². The number of nitrogens with zero attached hydrogens (tertiary/aromatic N) is 2. The van der Waals surface area contributed by atoms with Crippen molar-refractivity contribution < 1.29 is 40.7 Å². The Morgan fingerprint density at radius 3 is 2.31 bits per heavy atom. The molecule has 2 rings (SSSR count). The predicted octanol–water partition coefficient (Wildman–Crippen LogP) is 3.78. The van der Waals surface area contributed by atoms with E-state index >= 15 is 0 Å². The molecule has 1 atom stereocenters. The van der Waals surface area contributed by atoms with Crippen molar-refractivity contribution >= 4 is 17.8 Å². The van der Waals surface area contributed by atoms with Crippen molar-refractivity contribution in [1.82, 2.24) is 10.2 Å². The van der Waals surface area contributed by atoms with E-state index in [1.165, 1.54) is 11.9 Å². The highest BCUT2D eigenvalue weighted by atomic mass is 19.4. The van der Waals surface area contributed by atoms with Crippen LogP contribution in [0.2, 0.25) is 0 Å². The molecule has 3 amide bonds. The van der Waals surface area contributed by atoms with Gasteiger partial charge in [0.05, 0.1) is 0 Å². The third-order valence-corrected chi connectivity index (χ3v) is 4.35. The van der Waals surface area contributed by atoms with Crippen molar-refractivity contribution in [3.05, 3.63) is 30.3 Å². The van der Waals surface area contributed by atoms with Crippen molar-refractivity contribution in [2.75, 3.05) is 31.6 Å². The number of rotatable bonds is 4. The highest BCUT2D eigenvalue weighted by molar-refractivity contribution is 5.91. The standard InChI is InChI=1S/C17H19F6N3O3/c1-25(12-5-3-2-4-6-12)14(27)24-9-11-7-8-26(10-11)15(28)29-13(16(18,19)20)17(21,22)23/h2-6,11,13H,7-10H2,1H3,(H,24,27). The van der Waals surface area contributed by atoms with Crippen LogP contribution < -0.4 is 10.2 Å². The van der Waals surface area contributed by atoms with E-state index in [1.54, 1.807) is 30.3 Å². The number of benzene rings is 1. The fraction of sp³-hybridized carbons (Fsp3) is 0.529. The highest BCUT2D eigenvalue weighted by Crippen LogP contribution is 2.36. The zero-order valence-corrected chi connectivity index (χ0v) is 15.3. The highest BCUT2D eigenvalue weighted by Gasteiger charge is 2.60. The predicted molar refractivity (Wildman–Crippen MR) is 90.3 cm³/mol. The first-order valence-electron chi connectivity index (χ1n) is 8.55. The van der Waals surface area contributed by atoms with Gasteiger partial charge in [-0.1, -0.05) is 18.2 Å². The number of anilines is 1. The van der Waals surface area contributed by atoms with Gasteiger partial charge in [0, 0.05) is 32.4 Å². The van der Waals surface area contributed by atoms with Gasteiger partial charge < -0.3 is 15.0 Å². The van der Waals surface area contributed by atoms with Crippen LogP contribution >= 0.6 is 0 Å². The van der Waals surface area contributed by atoms with Crippen molar-refractivity contribution in [3.8, 4) is 0 Å². The van der Waals surface area contributed by atoms with E-state index in [2.05, 4.69) is 10.1 Å². The molecule has 1 unspecified atom stereocenters. The van der Waals surface area contributed by atoms with Gasteiger partial charge in [-0.15, -0.1) is 0 Å². The largest absolute Gasteiger partial charge is 0.434 e. The van der Waals surface area contributed by atoms with Gasteiger partial charge in [-0.05, 0) is 24.5 Å². The monoisotopic (exact) mass is 427 g/mol. The molecule has 0 aliphatic carbocycles. The number of para-hydroxylation sites is 1. The van der Waals surface area contributed by atoms with Gasteiger partial charge in [0.25, 0.3) is 6.10 Å². The Morgan fingerprint density at radius 1 is 1.17 bits per heavy atom. The summed E-state index contributed by atoms with van der Waals surface area (Å²) >= 11 is 0. The fourth-order valence-electron chi connectivity index (χ4n) is 2.78. The fourth-order valence-corrected chi connectivity index (χ4v) is 2.78. The maximum Gasteiger partial charge on any atom is 0.434 e. The number of nitrogens with one attached hydrogen (secondary N) is 1. The second-order valence-corrected chi connectivity index (χ2v) is 6.53. The summed E-state index contributed by atoms with van der Waals surface area (Å²) < 4.78 is 78.7. The zero-order valence-electron chi connectivity index (χ0n) is 15.3. The van der Waals surface area contributed by atoms with E-state index in [1.807, 2.05) is 0 Å². The summed E-state index contributed by atoms with van der Waals surface area (Å²) in [6, 6.07) is 8.26. The molecule has 1 aromatic carbocycles. The normalized spacial score (nSPS) is 17.4. The molecule has 1 saturated heterocycles. The summed E-state index contributed by atoms with van der Waals surface area (Å²) in [7, 11) is 1.54. The number of carbonyl (C=O) groups excluding carboxylic acids is 2. The maximum atomic E-state index is 12.5. The first-order valence-corrected chi connectivity index (χ1v) is 8.55. The van der Waals surface area contributed by atoms with Crippen LogP contribution in [0.1, 0.15) is 6.42 Å². The molecule has 1 fully saturated rings. The maximum absolute atomic E-state index is 12.5. The lowest BCUT2D eigenvalue weighted by molar-refractivity contribution is -0.308. The lowest BCUT2D eigenvalue weighted by Gasteiger charge is -2.25. The number of ether oxygens (including phenoxy) is 1. The minimum Gasteiger partial charge on any atom is -0.426 e. The van der Waals surface area contributed by atoms with Gasteiger partial charge >= 0.3 is 24.5 Å². The molecule has 1 aromatic rings. The Kier molecular flexibility index (Phi) is 6.85. The van der Waals surface area contributed by atoms with Crippen LogP contribution in [0.25, 0.3) is 0 Å². The summed E-state index contributed by atoms with van der Waals surface area (Å²) in [6.07, 6.45) is -17.1. The first-order chi connectivity index (χ1) is 13.4. The molecule has 0 bridgehead atoms. The van der Waals surface area contributed by atoms with E-state index in [4.69, 9.17) is 0 Å². The van der Waals surface area contributed by atoms with Crippen LogP contribution in [0.5, 0.6) is 0 Å². The van der Waals surface area contributed by atoms with E-state index < -0.39 is 30.6 Å². The van der Waals surface area contributed by atoms with Crippen molar-refractivity contribution in [1.29, 1.82) is 0 Å². The average Bonchev–Trinajstić information content (AvgIpc) is 3.11. The molecule has 0 saturated carbocycles. The molecule has 0 spiro atoms. The summed E-state index contributed by atoms with van der Waals surface area (Å²) in [5.41, 5.74) is 0.631. The SMILES string of the molecule is CN(C(=O)NCC1CCN(C(=O)OC(C(F)(F)F)C(F)(F)F)C1)c1ccccc1. The van der Waals surface area contributed by atoms with Gasteiger partial charge in [0.2, 0.25) is 0 Å². The Bertz CT molecular complexity index is 697. The number of hydrogen-bond donors (Lipinski definition) is 1. The third kappa shape index (κ3) is 6.16. The molecular weight excluding hydrogens is 408 g/mol. The van der Waals surface area contributed by atoms with Gasteiger partial charge in [0.1, 0.15) is 0 Å². The minimum absolute atomic E-state index is 0.0731. The van der Waals surface area contributed by atoms with E-state index in [-0.39, 0.29) is 25.6 Å². The molecule has 29 heavy (non-hydrogen) atoms. The van der Waals surface area contributed by atoms with Crippen molar-refractivity contribution in [2.24, 2.45) is 5.92 Å². The molecule has 1 heterocycles. The Balaban J connectivity index is 1.85. The number of urea groups is 1. The number of hydrogen-bond acceptors (Lipinski definition) is 3. The summed E-state index contributed by atoms with van der Waals surface area (Å²) in [4.78, 5) is 26.0. The molecule has 1 aliphatic heterocycles. The molecule has 162 valence electrons.